The minimum atomic E-state index is -1.16. The molecule has 2 aromatic heterocycles. The number of ketones is 1. The van der Waals surface area contributed by atoms with Crippen LogP contribution in [-0.2, 0) is 34.4 Å². The number of carbonyl (C=O) groups is 4. The van der Waals surface area contributed by atoms with Crippen LogP contribution >= 0.6 is 23.4 Å². The Balaban J connectivity index is 1.49. The van der Waals surface area contributed by atoms with Gasteiger partial charge in [-0.15, -0.1) is 0 Å². The number of nitrogens with one attached hydrogen (secondary N) is 2. The normalized spacial score (nSPS) is 14.4. The van der Waals surface area contributed by atoms with Crippen molar-refractivity contribution in [2.45, 2.75) is 95.4 Å². The summed E-state index contributed by atoms with van der Waals surface area (Å²) in [5.41, 5.74) is 20.5. The number of nitrogens with zero attached hydrogens (tertiary/aromatic N) is 4. The minimum Gasteiger partial charge on any atom is -0.490 e. The number of esters is 2. The monoisotopic (exact) mass is 915 g/mol. The van der Waals surface area contributed by atoms with Crippen LogP contribution in [0.15, 0.2) is 64.2 Å². The first-order chi connectivity index (χ1) is 30.5. The predicted octanol–water partition coefficient (Wildman–Crippen LogP) is 5.31. The number of hydrogen-bond acceptors (Lipinski definition) is 17. The standard InChI is InChI=1S/C45H54ClN9O8S/c1-7-24(3)38(49)36(56)19-52-26(5)44(58)62-22-33(63-45(59)27(6)53-41(57)39(50)25(4)8-2)21-60-32-15-11-28(12-16-32)37-34(17-47)40(51)55-43(35(37)18-48)64-23-31-20-61-42(54-31)29-9-13-30(46)14-10-29/h9-16,20,24-27,33,38-39,52H,7-8,19,21-23,49-50H2,1-6H3,(H2,51,55)(H,53,57). The molecule has 2 heterocycles. The number of nitrogens with two attached hydrogens (primary N) is 3. The summed E-state index contributed by atoms with van der Waals surface area (Å²) in [7, 11) is 0. The van der Waals surface area contributed by atoms with Crippen LogP contribution in [0.4, 0.5) is 5.82 Å². The second-order valence-electron chi connectivity index (χ2n) is 15.2. The number of Topliss-reactive ketones (excluding diaryl/α,β-unsaturated/α-hetero) is 1. The Labute approximate surface area is 381 Å². The van der Waals surface area contributed by atoms with Gasteiger partial charge in [-0.1, -0.05) is 76.0 Å². The molecular formula is C45H54ClN9O8S. The van der Waals surface area contributed by atoms with Gasteiger partial charge in [0.25, 0.3) is 0 Å². The van der Waals surface area contributed by atoms with Crippen molar-refractivity contribution < 1.29 is 37.8 Å². The topological polar surface area (TPSA) is 285 Å². The maximum atomic E-state index is 13.2. The van der Waals surface area contributed by atoms with E-state index < -0.39 is 54.7 Å². The van der Waals surface area contributed by atoms with E-state index in [0.29, 0.717) is 40.8 Å². The Morgan fingerprint density at radius 3 is 2.09 bits per heavy atom. The van der Waals surface area contributed by atoms with Crippen molar-refractivity contribution in [2.75, 3.05) is 25.5 Å². The average molecular weight is 917 g/mol. The van der Waals surface area contributed by atoms with Crippen molar-refractivity contribution in [3.05, 3.63) is 76.6 Å². The molecule has 0 saturated heterocycles. The highest BCUT2D eigenvalue weighted by molar-refractivity contribution is 7.98. The third kappa shape index (κ3) is 13.7. The number of thioether (sulfide) groups is 1. The Morgan fingerprint density at radius 1 is 0.844 bits per heavy atom. The van der Waals surface area contributed by atoms with E-state index in [0.717, 1.165) is 5.56 Å². The maximum absolute atomic E-state index is 13.2. The summed E-state index contributed by atoms with van der Waals surface area (Å²) < 4.78 is 22.8. The number of ether oxygens (including phenoxy) is 3. The molecule has 7 unspecified atom stereocenters. The van der Waals surface area contributed by atoms with Crippen molar-refractivity contribution in [3.8, 4) is 40.5 Å². The van der Waals surface area contributed by atoms with Crippen LogP contribution in [0.3, 0.4) is 0 Å². The molecule has 0 aliphatic rings. The van der Waals surface area contributed by atoms with Gasteiger partial charge in [-0.2, -0.15) is 10.5 Å². The van der Waals surface area contributed by atoms with E-state index in [1.807, 2.05) is 27.7 Å². The number of nitrogen functional groups attached to an aromatic ring is 1. The van der Waals surface area contributed by atoms with Gasteiger partial charge >= 0.3 is 11.9 Å². The van der Waals surface area contributed by atoms with Gasteiger partial charge in [0.05, 0.1) is 29.9 Å². The van der Waals surface area contributed by atoms with Crippen molar-refractivity contribution in [1.82, 2.24) is 20.6 Å². The lowest BCUT2D eigenvalue weighted by Gasteiger charge is -2.24. The Kier molecular flexibility index (Phi) is 19.1. The van der Waals surface area contributed by atoms with E-state index in [4.69, 9.17) is 47.4 Å². The molecule has 8 N–H and O–H groups in total. The lowest BCUT2D eigenvalue weighted by molar-refractivity contribution is -0.163. The summed E-state index contributed by atoms with van der Waals surface area (Å²) in [6, 6.07) is 14.1. The predicted molar refractivity (Wildman–Crippen MR) is 241 cm³/mol. The molecule has 1 amide bonds. The van der Waals surface area contributed by atoms with Crippen LogP contribution in [0.25, 0.3) is 22.6 Å². The Hall–Kier alpha value is -6.02. The summed E-state index contributed by atoms with van der Waals surface area (Å²) in [5, 5.41) is 26.7. The van der Waals surface area contributed by atoms with Crippen molar-refractivity contribution in [3.63, 3.8) is 0 Å². The first kappa shape index (κ1) is 50.6. The number of carbonyl (C=O) groups excluding carboxylic acids is 4. The smallest absolute Gasteiger partial charge is 0.328 e. The number of halogens is 1. The van der Waals surface area contributed by atoms with Crippen LogP contribution in [0, 0.1) is 34.5 Å². The number of benzene rings is 2. The van der Waals surface area contributed by atoms with E-state index in [-0.39, 0.29) is 64.1 Å². The average Bonchev–Trinajstić information content (AvgIpc) is 3.78. The molecule has 4 rings (SSSR count). The fourth-order valence-electron chi connectivity index (χ4n) is 5.93. The molecular weight excluding hydrogens is 862 g/mol. The van der Waals surface area contributed by atoms with Gasteiger partial charge in [0.15, 0.2) is 11.9 Å². The van der Waals surface area contributed by atoms with Crippen molar-refractivity contribution >= 4 is 52.8 Å². The molecule has 0 radical (unpaired) electrons. The zero-order valence-corrected chi connectivity index (χ0v) is 38.1. The van der Waals surface area contributed by atoms with E-state index >= 15 is 0 Å². The molecule has 2 aromatic carbocycles. The number of amides is 1. The molecule has 340 valence electrons. The molecule has 0 aliphatic carbocycles. The molecule has 19 heteroatoms. The van der Waals surface area contributed by atoms with Gasteiger partial charge in [-0.3, -0.25) is 19.7 Å². The lowest BCUT2D eigenvalue weighted by atomic mass is 9.96. The Morgan fingerprint density at radius 2 is 1.47 bits per heavy atom. The summed E-state index contributed by atoms with van der Waals surface area (Å²) in [5.74, 6) is -1.62. The number of hydrogen-bond donors (Lipinski definition) is 5. The van der Waals surface area contributed by atoms with Crippen molar-refractivity contribution in [2.24, 2.45) is 23.3 Å². The maximum Gasteiger partial charge on any atom is 0.328 e. The summed E-state index contributed by atoms with van der Waals surface area (Å²) in [6.07, 6.45) is 1.71. The molecule has 0 bridgehead atoms. The number of oxazole rings is 1. The largest absolute Gasteiger partial charge is 0.490 e. The number of pyridine rings is 1. The molecule has 0 spiro atoms. The van der Waals surface area contributed by atoms with Gasteiger partial charge in [-0.25, -0.2) is 14.8 Å². The second kappa shape index (κ2) is 24.2. The van der Waals surface area contributed by atoms with Crippen LogP contribution < -0.4 is 32.6 Å². The van der Waals surface area contributed by atoms with Crippen molar-refractivity contribution in [1.29, 1.82) is 10.5 Å². The van der Waals surface area contributed by atoms with Gasteiger partial charge in [0.2, 0.25) is 11.8 Å². The van der Waals surface area contributed by atoms with Crippen LogP contribution in [0.1, 0.15) is 71.2 Å². The van der Waals surface area contributed by atoms with E-state index in [2.05, 4.69) is 32.7 Å². The Bertz CT molecular complexity index is 2330. The summed E-state index contributed by atoms with van der Waals surface area (Å²) in [6.45, 7) is 9.58. The van der Waals surface area contributed by atoms with E-state index in [9.17, 15) is 29.7 Å². The quantitative estimate of drug-likeness (QED) is 0.0466. The van der Waals surface area contributed by atoms with Gasteiger partial charge in [0, 0.05) is 21.9 Å². The zero-order chi connectivity index (χ0) is 47.1. The van der Waals surface area contributed by atoms with Gasteiger partial charge in [-0.05, 0) is 67.6 Å². The van der Waals surface area contributed by atoms with Gasteiger partial charge < -0.3 is 41.1 Å². The highest BCUT2D eigenvalue weighted by Crippen LogP contribution is 2.37. The highest BCUT2D eigenvalue weighted by atomic mass is 35.5. The molecule has 17 nitrogen and oxygen atoms in total. The summed E-state index contributed by atoms with van der Waals surface area (Å²) in [4.78, 5) is 60.3. The second-order valence-corrected chi connectivity index (χ2v) is 16.6. The summed E-state index contributed by atoms with van der Waals surface area (Å²) >= 11 is 7.20. The zero-order valence-electron chi connectivity index (χ0n) is 36.6. The SMILES string of the molecule is CCC(C)C(N)C(=O)CNC(C)C(=O)OCC(COc1ccc(-c2c(C#N)c(N)nc(SCc3coc(-c4ccc(Cl)cc4)n3)c2C#N)cc1)OC(=O)C(C)NC(=O)C(N)C(C)CC. The van der Waals surface area contributed by atoms with Crippen LogP contribution in [0.5, 0.6) is 5.75 Å². The molecule has 4 aromatic rings. The van der Waals surface area contributed by atoms with Crippen LogP contribution in [0.2, 0.25) is 5.02 Å². The lowest BCUT2D eigenvalue weighted by Crippen LogP contribution is -2.50. The van der Waals surface area contributed by atoms with Crippen LogP contribution in [-0.4, -0.2) is 83.6 Å². The highest BCUT2D eigenvalue weighted by Gasteiger charge is 2.28. The fourth-order valence-corrected chi connectivity index (χ4v) is 6.93. The van der Waals surface area contributed by atoms with Gasteiger partial charge in [0.1, 0.15) is 65.9 Å². The van der Waals surface area contributed by atoms with E-state index in [1.165, 1.54) is 31.9 Å². The van der Waals surface area contributed by atoms with E-state index in [1.54, 1.807) is 48.5 Å². The molecule has 0 saturated carbocycles. The third-order valence-electron chi connectivity index (χ3n) is 10.5. The minimum absolute atomic E-state index is 0.00703. The molecule has 64 heavy (non-hydrogen) atoms. The first-order valence-corrected chi connectivity index (χ1v) is 22.0. The third-order valence-corrected chi connectivity index (χ3v) is 11.8. The number of nitriles is 2. The molecule has 7 atom stereocenters. The number of aromatic nitrogens is 2. The molecule has 0 aliphatic heterocycles. The fraction of sp³-hybridized carbons (Fsp3) is 0.422. The number of rotatable bonds is 23. The molecule has 0 fully saturated rings. The first-order valence-electron chi connectivity index (χ1n) is 20.7. The number of anilines is 1.